The fraction of sp³-hybridized carbons (Fsp3) is 0.438. The molecule has 0 saturated carbocycles. The Morgan fingerprint density at radius 2 is 2.33 bits per heavy atom. The number of hydrogen-bond donors (Lipinski definition) is 2. The topological polar surface area (TPSA) is 62.1 Å². The predicted molar refractivity (Wildman–Crippen MR) is 88.5 cm³/mol. The van der Waals surface area contributed by atoms with Crippen LogP contribution in [0, 0.1) is 0 Å². The number of nitrogens with zero attached hydrogens (tertiary/aromatic N) is 1. The Hall–Kier alpha value is -1.46. The van der Waals surface area contributed by atoms with Crippen molar-refractivity contribution in [1.29, 1.82) is 0 Å². The van der Waals surface area contributed by atoms with Gasteiger partial charge in [0, 0.05) is 41.2 Å². The van der Waals surface area contributed by atoms with Gasteiger partial charge < -0.3 is 15.6 Å². The summed E-state index contributed by atoms with van der Waals surface area (Å²) in [7, 11) is 0. The Bertz CT molecular complexity index is 639. The third kappa shape index (κ3) is 2.94. The summed E-state index contributed by atoms with van der Waals surface area (Å²) in [5.74, 6) is 2.09. The van der Waals surface area contributed by atoms with Crippen molar-refractivity contribution in [3.05, 3.63) is 36.0 Å². The molecule has 0 bridgehead atoms. The van der Waals surface area contributed by atoms with Gasteiger partial charge in [-0.05, 0) is 25.0 Å². The second-order valence-corrected chi connectivity index (χ2v) is 6.78. The summed E-state index contributed by atoms with van der Waals surface area (Å²) >= 11 is 1.90. The monoisotopic (exact) mass is 303 g/mol. The second-order valence-electron chi connectivity index (χ2n) is 5.63. The molecule has 1 fully saturated rings. The zero-order chi connectivity index (χ0) is 14.8. The summed E-state index contributed by atoms with van der Waals surface area (Å²) in [5, 5.41) is 1.16. The number of hydrogen-bond acceptors (Lipinski definition) is 3. The fourth-order valence-corrected chi connectivity index (χ4v) is 3.91. The van der Waals surface area contributed by atoms with Gasteiger partial charge in [-0.25, -0.2) is 0 Å². The number of carbonyl (C=O) groups excluding carboxylic acids is 1. The van der Waals surface area contributed by atoms with E-state index in [-0.39, 0.29) is 11.9 Å². The average molecular weight is 303 g/mol. The first kappa shape index (κ1) is 14.5. The fourth-order valence-electron chi connectivity index (χ4n) is 2.89. The second kappa shape index (κ2) is 6.12. The number of amides is 1. The lowest BCUT2D eigenvalue weighted by atomic mass is 10.0. The lowest BCUT2D eigenvalue weighted by Gasteiger charge is -2.34. The van der Waals surface area contributed by atoms with Crippen molar-refractivity contribution in [3.63, 3.8) is 0 Å². The number of thioether (sulfide) groups is 1. The number of rotatable bonds is 3. The van der Waals surface area contributed by atoms with Gasteiger partial charge in [-0.3, -0.25) is 4.79 Å². The normalized spacial score (nSPS) is 20.7. The van der Waals surface area contributed by atoms with Crippen molar-refractivity contribution in [2.45, 2.75) is 25.4 Å². The lowest BCUT2D eigenvalue weighted by molar-refractivity contribution is -0.134. The molecule has 4 nitrogen and oxygen atoms in total. The number of aromatic nitrogens is 1. The van der Waals surface area contributed by atoms with E-state index in [0.29, 0.717) is 6.42 Å². The number of benzene rings is 1. The molecule has 0 spiro atoms. The first-order valence-electron chi connectivity index (χ1n) is 7.35. The van der Waals surface area contributed by atoms with Gasteiger partial charge in [-0.1, -0.05) is 18.2 Å². The molecule has 1 aliphatic rings. The van der Waals surface area contributed by atoms with Crippen LogP contribution in [0.1, 0.15) is 12.5 Å². The van der Waals surface area contributed by atoms with E-state index in [9.17, 15) is 4.79 Å². The van der Waals surface area contributed by atoms with Gasteiger partial charge in [0.05, 0.1) is 6.04 Å². The number of para-hydroxylation sites is 1. The van der Waals surface area contributed by atoms with Crippen LogP contribution in [-0.2, 0) is 11.2 Å². The van der Waals surface area contributed by atoms with E-state index in [0.717, 1.165) is 34.5 Å². The van der Waals surface area contributed by atoms with Gasteiger partial charge >= 0.3 is 0 Å². The zero-order valence-electron chi connectivity index (χ0n) is 12.2. The number of aromatic amines is 1. The van der Waals surface area contributed by atoms with E-state index in [1.54, 1.807) is 0 Å². The predicted octanol–water partition coefficient (Wildman–Crippen LogP) is 2.00. The van der Waals surface area contributed by atoms with Crippen LogP contribution in [0.5, 0.6) is 0 Å². The highest BCUT2D eigenvalue weighted by Crippen LogP contribution is 2.21. The molecule has 2 aromatic rings. The minimum atomic E-state index is -0.463. The molecule has 2 heterocycles. The molecule has 21 heavy (non-hydrogen) atoms. The third-order valence-corrected chi connectivity index (χ3v) is 5.27. The number of nitrogens with two attached hydrogens (primary N) is 1. The van der Waals surface area contributed by atoms with Crippen molar-refractivity contribution in [1.82, 2.24) is 9.88 Å². The minimum Gasteiger partial charge on any atom is -0.361 e. The zero-order valence-corrected chi connectivity index (χ0v) is 13.0. The molecular weight excluding hydrogens is 282 g/mol. The molecule has 0 aliphatic carbocycles. The lowest BCUT2D eigenvalue weighted by Crippen LogP contribution is -2.51. The van der Waals surface area contributed by atoms with Crippen LogP contribution in [0.3, 0.4) is 0 Å². The maximum Gasteiger partial charge on any atom is 0.240 e. The van der Waals surface area contributed by atoms with Crippen LogP contribution in [0.2, 0.25) is 0 Å². The molecule has 1 aliphatic heterocycles. The maximum atomic E-state index is 12.6. The van der Waals surface area contributed by atoms with E-state index in [1.807, 2.05) is 41.1 Å². The van der Waals surface area contributed by atoms with Gasteiger partial charge in [0.25, 0.3) is 0 Å². The quantitative estimate of drug-likeness (QED) is 0.911. The highest BCUT2D eigenvalue weighted by Gasteiger charge is 2.28. The minimum absolute atomic E-state index is 0.0769. The summed E-state index contributed by atoms with van der Waals surface area (Å²) in [6, 6.07) is 7.94. The van der Waals surface area contributed by atoms with Crippen LogP contribution in [0.4, 0.5) is 0 Å². The number of carbonyl (C=O) groups is 1. The van der Waals surface area contributed by atoms with Gasteiger partial charge in [0.2, 0.25) is 5.91 Å². The summed E-state index contributed by atoms with van der Waals surface area (Å²) in [6.45, 7) is 2.91. The molecule has 112 valence electrons. The van der Waals surface area contributed by atoms with Crippen LogP contribution in [0.25, 0.3) is 10.9 Å². The SMILES string of the molecule is CC1CSCCN1C(=O)[C@H](N)Cc1c[nH]c2ccccc12. The van der Waals surface area contributed by atoms with Crippen LogP contribution in [-0.4, -0.2) is 45.9 Å². The Morgan fingerprint density at radius 1 is 1.52 bits per heavy atom. The molecule has 3 rings (SSSR count). The largest absolute Gasteiger partial charge is 0.361 e. The van der Waals surface area contributed by atoms with Gasteiger partial charge in [0.15, 0.2) is 0 Å². The molecule has 3 N–H and O–H groups in total. The summed E-state index contributed by atoms with van der Waals surface area (Å²) in [6.07, 6.45) is 2.55. The van der Waals surface area contributed by atoms with Gasteiger partial charge in [-0.15, -0.1) is 0 Å². The first-order valence-corrected chi connectivity index (χ1v) is 8.51. The van der Waals surface area contributed by atoms with Crippen molar-refractivity contribution >= 4 is 28.6 Å². The molecule has 1 amide bonds. The Morgan fingerprint density at radius 3 is 3.14 bits per heavy atom. The molecule has 1 saturated heterocycles. The maximum absolute atomic E-state index is 12.6. The number of nitrogens with one attached hydrogen (secondary N) is 1. The third-order valence-electron chi connectivity index (χ3n) is 4.08. The number of H-pyrrole nitrogens is 1. The molecule has 1 aromatic heterocycles. The van der Waals surface area contributed by atoms with Crippen LogP contribution in [0.15, 0.2) is 30.5 Å². The van der Waals surface area contributed by atoms with E-state index >= 15 is 0 Å². The Labute approximate surface area is 129 Å². The highest BCUT2D eigenvalue weighted by molar-refractivity contribution is 7.99. The van der Waals surface area contributed by atoms with E-state index in [2.05, 4.69) is 18.0 Å². The summed E-state index contributed by atoms with van der Waals surface area (Å²) < 4.78 is 0. The standard InChI is InChI=1S/C16H21N3OS/c1-11-10-21-7-6-19(11)16(20)14(17)8-12-9-18-15-5-3-2-4-13(12)15/h2-5,9,11,14,18H,6-8,10,17H2,1H3/t11?,14-/m1/s1. The number of fused-ring (bicyclic) bond motifs is 1. The highest BCUT2D eigenvalue weighted by atomic mass is 32.2. The van der Waals surface area contributed by atoms with Crippen molar-refractivity contribution < 1.29 is 4.79 Å². The van der Waals surface area contributed by atoms with E-state index in [4.69, 9.17) is 5.73 Å². The summed E-state index contributed by atoms with van der Waals surface area (Å²) in [5.41, 5.74) is 8.39. The molecule has 1 aromatic carbocycles. The smallest absolute Gasteiger partial charge is 0.240 e. The average Bonchev–Trinajstić information content (AvgIpc) is 2.90. The first-order chi connectivity index (χ1) is 10.2. The Kier molecular flexibility index (Phi) is 4.22. The molecular formula is C16H21N3OS. The van der Waals surface area contributed by atoms with E-state index in [1.165, 1.54) is 0 Å². The molecule has 0 radical (unpaired) electrons. The summed E-state index contributed by atoms with van der Waals surface area (Å²) in [4.78, 5) is 17.7. The van der Waals surface area contributed by atoms with Gasteiger partial charge in [0.1, 0.15) is 0 Å². The molecule has 5 heteroatoms. The van der Waals surface area contributed by atoms with Crippen molar-refractivity contribution in [2.24, 2.45) is 5.73 Å². The van der Waals surface area contributed by atoms with E-state index < -0.39 is 6.04 Å². The molecule has 1 unspecified atom stereocenters. The molecule has 2 atom stereocenters. The van der Waals surface area contributed by atoms with Crippen molar-refractivity contribution in [2.75, 3.05) is 18.1 Å². The Balaban J connectivity index is 1.73. The van der Waals surface area contributed by atoms with Crippen LogP contribution >= 0.6 is 11.8 Å². The van der Waals surface area contributed by atoms with Crippen LogP contribution < -0.4 is 5.73 Å². The van der Waals surface area contributed by atoms with Crippen molar-refractivity contribution in [3.8, 4) is 0 Å². The van der Waals surface area contributed by atoms with Gasteiger partial charge in [-0.2, -0.15) is 11.8 Å².